The molecule has 0 aliphatic carbocycles. The van der Waals surface area contributed by atoms with E-state index in [4.69, 9.17) is 33.2 Å². The first-order chi connectivity index (χ1) is 52.8. The molecule has 0 aliphatic heterocycles. The Hall–Kier alpha value is -10.8. The SMILES string of the molecule is CCC(C)c1cccc(OC(=O)c2ccccc2C)c1.CCC(C)c1cccc(OCC(=O)Oc2ccc(S(=O)(=O)[O-])cc2)c1.CCC(C)c1cccc(OCC(=O)Oc2ccc(S(=O)(=O)[O-])cc2)c1.CCC(C)c1cccc(OCc2ccccc2C)c1.COc1cccc([S+](c2ccccc2)c2ccccc2)c1. The van der Waals surface area contributed by atoms with Gasteiger partial charge in [0.1, 0.15) is 67.1 Å². The van der Waals surface area contributed by atoms with E-state index in [-0.39, 0.29) is 51.4 Å². The Kier molecular flexibility index (Phi) is 34.6. The van der Waals surface area contributed by atoms with Gasteiger partial charge >= 0.3 is 17.9 Å². The minimum absolute atomic E-state index is 0.107. The third kappa shape index (κ3) is 28.3. The predicted molar refractivity (Wildman–Crippen MR) is 431 cm³/mol. The number of methoxy groups -OCH3 is 1. The van der Waals surface area contributed by atoms with Gasteiger partial charge < -0.3 is 42.3 Å². The van der Waals surface area contributed by atoms with Crippen LogP contribution in [0.15, 0.2) is 304 Å². The number of aryl methyl sites for hydroxylation is 2. The van der Waals surface area contributed by atoms with Crippen LogP contribution in [0.3, 0.4) is 0 Å². The van der Waals surface area contributed by atoms with Gasteiger partial charge in [-0.1, -0.05) is 189 Å². The molecule has 0 fully saturated rings. The lowest BCUT2D eigenvalue weighted by Gasteiger charge is -2.12. The molecule has 11 rings (SSSR count). The van der Waals surface area contributed by atoms with E-state index in [0.717, 1.165) is 78.1 Å². The van der Waals surface area contributed by atoms with E-state index in [1.54, 1.807) is 25.3 Å². The summed E-state index contributed by atoms with van der Waals surface area (Å²) in [4.78, 5) is 38.9. The maximum Gasteiger partial charge on any atom is 0.349 e. The number of rotatable bonds is 27. The van der Waals surface area contributed by atoms with Crippen LogP contribution < -0.4 is 33.2 Å². The van der Waals surface area contributed by atoms with Gasteiger partial charge in [-0.2, -0.15) is 0 Å². The molecule has 0 aromatic heterocycles. The van der Waals surface area contributed by atoms with E-state index in [0.29, 0.717) is 53.1 Å². The minimum atomic E-state index is -4.52. The molecule has 0 saturated carbocycles. The first kappa shape index (κ1) is 86.4. The molecule has 110 heavy (non-hydrogen) atoms. The molecule has 0 heterocycles. The normalized spacial score (nSPS) is 11.9. The summed E-state index contributed by atoms with van der Waals surface area (Å²) in [5.74, 6) is 4.15. The Labute approximate surface area is 652 Å². The smallest absolute Gasteiger partial charge is 0.349 e. The average molecular weight is 1540 g/mol. The molecule has 0 N–H and O–H groups in total. The number of carbonyl (C=O) groups excluding carboxylic acids is 3. The van der Waals surface area contributed by atoms with Crippen LogP contribution in [0, 0.1) is 13.8 Å². The highest BCUT2D eigenvalue weighted by atomic mass is 32.2. The van der Waals surface area contributed by atoms with Gasteiger partial charge in [0, 0.05) is 6.07 Å². The molecule has 19 heteroatoms. The summed E-state index contributed by atoms with van der Waals surface area (Å²) < 4.78 is 103. The van der Waals surface area contributed by atoms with Crippen LogP contribution in [0.5, 0.6) is 40.2 Å². The first-order valence-corrected chi connectivity index (χ1v) is 40.5. The Morgan fingerprint density at radius 1 is 0.355 bits per heavy atom. The molecular formula is C91H97O16S3-. The van der Waals surface area contributed by atoms with Crippen molar-refractivity contribution < 1.29 is 73.5 Å². The van der Waals surface area contributed by atoms with Crippen molar-refractivity contribution in [2.75, 3.05) is 20.3 Å². The highest BCUT2D eigenvalue weighted by Crippen LogP contribution is 2.34. The lowest BCUT2D eigenvalue weighted by atomic mass is 9.99. The number of hydrogen-bond acceptors (Lipinski definition) is 16. The van der Waals surface area contributed by atoms with Crippen LogP contribution in [0.25, 0.3) is 0 Å². The number of ether oxygens (including phenoxy) is 7. The maximum atomic E-state index is 12.2. The summed E-state index contributed by atoms with van der Waals surface area (Å²) in [6.45, 7) is 21.3. The molecule has 16 nitrogen and oxygen atoms in total. The van der Waals surface area contributed by atoms with Gasteiger partial charge in [0.05, 0.1) is 33.4 Å². The van der Waals surface area contributed by atoms with E-state index in [9.17, 15) is 40.3 Å². The molecule has 0 bridgehead atoms. The zero-order valence-corrected chi connectivity index (χ0v) is 66.5. The molecule has 0 radical (unpaired) electrons. The Morgan fingerprint density at radius 3 is 1.09 bits per heavy atom. The van der Waals surface area contributed by atoms with Crippen molar-refractivity contribution in [2.24, 2.45) is 0 Å². The van der Waals surface area contributed by atoms with E-state index < -0.39 is 32.2 Å². The van der Waals surface area contributed by atoms with Crippen LogP contribution >= 0.6 is 0 Å². The molecule has 11 aromatic carbocycles. The summed E-state index contributed by atoms with van der Waals surface area (Å²) in [5, 5.41) is 0. The van der Waals surface area contributed by atoms with Crippen molar-refractivity contribution in [3.05, 3.63) is 324 Å². The monoisotopic (exact) mass is 1540 g/mol. The third-order valence-corrected chi connectivity index (χ3v) is 21.9. The highest BCUT2D eigenvalue weighted by Gasteiger charge is 2.29. The maximum absolute atomic E-state index is 12.2. The van der Waals surface area contributed by atoms with Crippen LogP contribution in [-0.2, 0) is 47.3 Å². The summed E-state index contributed by atoms with van der Waals surface area (Å²) >= 11 is 0. The van der Waals surface area contributed by atoms with Crippen molar-refractivity contribution in [2.45, 2.75) is 150 Å². The van der Waals surface area contributed by atoms with Crippen molar-refractivity contribution >= 4 is 49.0 Å². The van der Waals surface area contributed by atoms with Crippen LogP contribution in [0.4, 0.5) is 0 Å². The number of benzene rings is 11. The second kappa shape index (κ2) is 44.0. The Morgan fingerprint density at radius 2 is 0.700 bits per heavy atom. The van der Waals surface area contributed by atoms with Crippen molar-refractivity contribution in [3.63, 3.8) is 0 Å². The van der Waals surface area contributed by atoms with Crippen LogP contribution in [0.2, 0.25) is 0 Å². The summed E-state index contributed by atoms with van der Waals surface area (Å²) in [5.41, 5.74) is 8.87. The Balaban J connectivity index is 0.000000192. The number of carbonyl (C=O) groups is 3. The van der Waals surface area contributed by atoms with Gasteiger partial charge in [0.15, 0.2) is 27.9 Å². The Bertz CT molecular complexity index is 4740. The lowest BCUT2D eigenvalue weighted by molar-refractivity contribution is -0.137. The molecule has 0 amide bonds. The summed E-state index contributed by atoms with van der Waals surface area (Å²) in [7, 11) is -7.44. The zero-order chi connectivity index (χ0) is 79.6. The molecule has 4 unspecified atom stereocenters. The van der Waals surface area contributed by atoms with Gasteiger partial charge in [-0.15, -0.1) is 0 Å². The largest absolute Gasteiger partial charge is 0.744 e. The van der Waals surface area contributed by atoms with Crippen molar-refractivity contribution in [3.8, 4) is 40.2 Å². The molecule has 0 spiro atoms. The quantitative estimate of drug-likeness (QED) is 0.0202. The third-order valence-electron chi connectivity index (χ3n) is 18.0. The van der Waals surface area contributed by atoms with Gasteiger partial charge in [0.25, 0.3) is 0 Å². The molecule has 576 valence electrons. The fourth-order valence-electron chi connectivity index (χ4n) is 10.7. The number of esters is 3. The van der Waals surface area contributed by atoms with E-state index in [1.807, 2.05) is 91.9 Å². The zero-order valence-electron chi connectivity index (χ0n) is 64.1. The fourth-order valence-corrected chi connectivity index (χ4v) is 13.7. The molecule has 0 saturated heterocycles. The minimum Gasteiger partial charge on any atom is -0.744 e. The molecule has 11 aromatic rings. The second-order valence-electron chi connectivity index (χ2n) is 25.9. The van der Waals surface area contributed by atoms with Gasteiger partial charge in [-0.05, 0) is 242 Å². The molecule has 0 aliphatic rings. The van der Waals surface area contributed by atoms with Gasteiger partial charge in [-0.25, -0.2) is 31.2 Å². The van der Waals surface area contributed by atoms with Gasteiger partial charge in [-0.3, -0.25) is 0 Å². The molecular weight excluding hydrogens is 1450 g/mol. The number of hydrogen-bond donors (Lipinski definition) is 0. The topological polar surface area (TPSA) is 230 Å². The summed E-state index contributed by atoms with van der Waals surface area (Å²) in [6, 6.07) is 86.0. The van der Waals surface area contributed by atoms with Crippen LogP contribution in [0.1, 0.15) is 154 Å². The second-order valence-corrected chi connectivity index (χ2v) is 30.7. The predicted octanol–water partition coefficient (Wildman–Crippen LogP) is 20.8. The summed E-state index contributed by atoms with van der Waals surface area (Å²) in [6.07, 6.45) is 4.22. The lowest BCUT2D eigenvalue weighted by Crippen LogP contribution is -2.17. The van der Waals surface area contributed by atoms with Gasteiger partial charge in [0.2, 0.25) is 0 Å². The first-order valence-electron chi connectivity index (χ1n) is 36.4. The standard InChI is InChI=1S/C19H17OS.2C18H20O6S.C18H20O2.C18H22O/c1-20-16-9-8-14-19(15-16)21(17-10-4-2-5-11-17)18-12-6-3-7-13-18;2*1-3-13(2)14-5-4-6-16(11-14)23-12-18(19)24-15-7-9-17(10-8-15)25(20,21)22;1-4-13(2)15-9-7-10-16(12-15)20-18(19)17-11-6-5-8-14(17)3;1-4-14(2)16-10-7-11-18(12-16)19-13-17-9-6-5-8-15(17)3/h2-15H,1H3;2*4-11,13H,3,12H2,1-2H3,(H,20,21,22);5-13H,4H2,1-3H3;5-12,14H,4,13H2,1-3H3/q+1;;;;/p-2. The van der Waals surface area contributed by atoms with E-state index in [2.05, 4.69) is 190 Å². The molecule has 4 atom stereocenters. The van der Waals surface area contributed by atoms with Crippen molar-refractivity contribution in [1.29, 1.82) is 0 Å². The van der Waals surface area contributed by atoms with Crippen LogP contribution in [-0.4, -0.2) is 64.2 Å². The highest BCUT2D eigenvalue weighted by molar-refractivity contribution is 7.97. The van der Waals surface area contributed by atoms with E-state index in [1.165, 1.54) is 61.2 Å². The van der Waals surface area contributed by atoms with E-state index >= 15 is 0 Å². The average Bonchev–Trinajstić information content (AvgIpc) is 0.814. The fraction of sp³-hybridized carbons (Fsp3) is 0.242. The van der Waals surface area contributed by atoms with Crippen molar-refractivity contribution in [1.82, 2.24) is 0 Å².